The van der Waals surface area contributed by atoms with E-state index in [4.69, 9.17) is 4.42 Å². The van der Waals surface area contributed by atoms with Gasteiger partial charge >= 0.3 is 0 Å². The number of nitrogens with one attached hydrogen (secondary N) is 1. The average Bonchev–Trinajstić information content (AvgIpc) is 2.80. The summed E-state index contributed by atoms with van der Waals surface area (Å²) in [5.41, 5.74) is 1.16. The van der Waals surface area contributed by atoms with Crippen LogP contribution >= 0.6 is 11.5 Å². The second kappa shape index (κ2) is 3.94. The van der Waals surface area contributed by atoms with Gasteiger partial charge in [0.05, 0.1) is 6.26 Å². The van der Waals surface area contributed by atoms with Crippen LogP contribution in [-0.2, 0) is 0 Å². The first-order valence-corrected chi connectivity index (χ1v) is 5.22. The predicted octanol–water partition coefficient (Wildman–Crippen LogP) is 2.35. The van der Waals surface area contributed by atoms with Gasteiger partial charge in [0.25, 0.3) is 0 Å². The molecule has 0 amide bonds. The molecule has 0 aliphatic heterocycles. The molecular formula is C10H12N2OS. The number of aryl methyl sites for hydroxylation is 1. The van der Waals surface area contributed by atoms with Crippen LogP contribution in [0.3, 0.4) is 0 Å². The Bertz CT molecular complexity index is 394. The highest BCUT2D eigenvalue weighted by molar-refractivity contribution is 7.05. The molecule has 0 radical (unpaired) electrons. The zero-order chi connectivity index (χ0) is 9.97. The van der Waals surface area contributed by atoms with Crippen LogP contribution in [0.4, 0.5) is 0 Å². The van der Waals surface area contributed by atoms with Gasteiger partial charge in [-0.2, -0.15) is 0 Å². The summed E-state index contributed by atoms with van der Waals surface area (Å²) in [6.45, 7) is 2.05. The third-order valence-electron chi connectivity index (χ3n) is 2.19. The van der Waals surface area contributed by atoms with Gasteiger partial charge in [-0.25, -0.2) is 4.37 Å². The molecular weight excluding hydrogens is 196 g/mol. The summed E-state index contributed by atoms with van der Waals surface area (Å²) < 4.78 is 9.55. The summed E-state index contributed by atoms with van der Waals surface area (Å²) >= 11 is 1.49. The Kier molecular flexibility index (Phi) is 2.65. The summed E-state index contributed by atoms with van der Waals surface area (Å²) in [5, 5.41) is 3.22. The number of nitrogens with zero attached hydrogens (tertiary/aromatic N) is 1. The molecule has 1 unspecified atom stereocenters. The fourth-order valence-corrected chi connectivity index (χ4v) is 2.15. The molecule has 1 atom stereocenters. The second-order valence-electron chi connectivity index (χ2n) is 3.10. The normalized spacial score (nSPS) is 13.0. The van der Waals surface area contributed by atoms with Gasteiger partial charge in [-0.15, -0.1) is 0 Å². The minimum atomic E-state index is 0.123. The zero-order valence-corrected chi connectivity index (χ0v) is 8.97. The smallest absolute Gasteiger partial charge is 0.128 e. The van der Waals surface area contributed by atoms with Crippen LogP contribution < -0.4 is 5.32 Å². The van der Waals surface area contributed by atoms with E-state index in [1.165, 1.54) is 16.4 Å². The van der Waals surface area contributed by atoms with Gasteiger partial charge in [0.1, 0.15) is 11.8 Å². The molecule has 3 nitrogen and oxygen atoms in total. The lowest BCUT2D eigenvalue weighted by molar-refractivity contribution is 0.463. The Labute approximate surface area is 86.9 Å². The van der Waals surface area contributed by atoms with Crippen LogP contribution in [0.5, 0.6) is 0 Å². The minimum absolute atomic E-state index is 0.123. The molecule has 0 aliphatic carbocycles. The van der Waals surface area contributed by atoms with Crippen molar-refractivity contribution in [1.82, 2.24) is 9.69 Å². The van der Waals surface area contributed by atoms with Gasteiger partial charge < -0.3 is 9.73 Å². The Morgan fingerprint density at radius 1 is 1.50 bits per heavy atom. The van der Waals surface area contributed by atoms with Crippen LogP contribution in [0, 0.1) is 6.92 Å². The van der Waals surface area contributed by atoms with Crippen molar-refractivity contribution in [2.75, 3.05) is 7.05 Å². The van der Waals surface area contributed by atoms with Crippen molar-refractivity contribution in [2.45, 2.75) is 13.0 Å². The highest BCUT2D eigenvalue weighted by atomic mass is 32.1. The molecule has 0 aromatic carbocycles. The van der Waals surface area contributed by atoms with Crippen molar-refractivity contribution in [3.63, 3.8) is 0 Å². The zero-order valence-electron chi connectivity index (χ0n) is 8.15. The van der Waals surface area contributed by atoms with Gasteiger partial charge in [-0.05, 0) is 43.2 Å². The largest absolute Gasteiger partial charge is 0.467 e. The van der Waals surface area contributed by atoms with Gasteiger partial charge in [0, 0.05) is 11.1 Å². The van der Waals surface area contributed by atoms with Gasteiger partial charge in [-0.3, -0.25) is 0 Å². The number of hydrogen-bond acceptors (Lipinski definition) is 4. The summed E-state index contributed by atoms with van der Waals surface area (Å²) in [6.07, 6.45) is 3.53. The Morgan fingerprint density at radius 2 is 2.36 bits per heavy atom. The van der Waals surface area contributed by atoms with Crippen molar-refractivity contribution in [3.05, 3.63) is 40.8 Å². The SMILES string of the molecule is CNC(c1ccns1)c1occc1C. The molecule has 1 N–H and O–H groups in total. The summed E-state index contributed by atoms with van der Waals surface area (Å²) in [6, 6.07) is 4.10. The van der Waals surface area contributed by atoms with Crippen molar-refractivity contribution >= 4 is 11.5 Å². The molecule has 2 rings (SSSR count). The highest BCUT2D eigenvalue weighted by Crippen LogP contribution is 2.27. The van der Waals surface area contributed by atoms with Crippen molar-refractivity contribution in [1.29, 1.82) is 0 Å². The molecule has 2 aromatic rings. The molecule has 14 heavy (non-hydrogen) atoms. The molecule has 74 valence electrons. The van der Waals surface area contributed by atoms with Crippen molar-refractivity contribution < 1.29 is 4.42 Å². The lowest BCUT2D eigenvalue weighted by atomic mass is 10.1. The average molecular weight is 208 g/mol. The van der Waals surface area contributed by atoms with Crippen LogP contribution in [-0.4, -0.2) is 11.4 Å². The van der Waals surface area contributed by atoms with Crippen molar-refractivity contribution in [2.24, 2.45) is 0 Å². The topological polar surface area (TPSA) is 38.1 Å². The van der Waals surface area contributed by atoms with Gasteiger partial charge in [-0.1, -0.05) is 0 Å². The van der Waals surface area contributed by atoms with Gasteiger partial charge in [0.2, 0.25) is 0 Å². The molecule has 0 saturated carbocycles. The van der Waals surface area contributed by atoms with E-state index < -0.39 is 0 Å². The second-order valence-corrected chi connectivity index (χ2v) is 3.97. The van der Waals surface area contributed by atoms with E-state index in [1.807, 2.05) is 32.3 Å². The minimum Gasteiger partial charge on any atom is -0.467 e. The maximum atomic E-state index is 5.46. The monoisotopic (exact) mass is 208 g/mol. The first kappa shape index (κ1) is 9.43. The summed E-state index contributed by atoms with van der Waals surface area (Å²) in [4.78, 5) is 1.17. The Balaban J connectivity index is 2.36. The predicted molar refractivity (Wildman–Crippen MR) is 56.5 cm³/mol. The number of furan rings is 1. The van der Waals surface area contributed by atoms with Crippen molar-refractivity contribution in [3.8, 4) is 0 Å². The molecule has 2 heterocycles. The molecule has 0 fully saturated rings. The fraction of sp³-hybridized carbons (Fsp3) is 0.300. The van der Waals surface area contributed by atoms with E-state index in [0.717, 1.165) is 11.3 Å². The maximum Gasteiger partial charge on any atom is 0.128 e. The van der Waals surface area contributed by atoms with E-state index >= 15 is 0 Å². The van der Waals surface area contributed by atoms with Crippen LogP contribution in [0.2, 0.25) is 0 Å². The van der Waals surface area contributed by atoms with E-state index in [2.05, 4.69) is 9.69 Å². The molecule has 0 bridgehead atoms. The molecule has 2 aromatic heterocycles. The number of aromatic nitrogens is 1. The molecule has 0 aliphatic rings. The van der Waals surface area contributed by atoms with Crippen LogP contribution in [0.25, 0.3) is 0 Å². The Morgan fingerprint density at radius 3 is 2.86 bits per heavy atom. The quantitative estimate of drug-likeness (QED) is 0.841. The third kappa shape index (κ3) is 1.58. The maximum absolute atomic E-state index is 5.46. The molecule has 4 heteroatoms. The number of rotatable bonds is 3. The summed E-state index contributed by atoms with van der Waals surface area (Å²) in [5.74, 6) is 0.969. The van der Waals surface area contributed by atoms with E-state index in [9.17, 15) is 0 Å². The molecule has 0 saturated heterocycles. The van der Waals surface area contributed by atoms with E-state index in [0.29, 0.717) is 0 Å². The lowest BCUT2D eigenvalue weighted by Gasteiger charge is -2.11. The third-order valence-corrected chi connectivity index (χ3v) is 3.00. The van der Waals surface area contributed by atoms with Gasteiger partial charge in [0.15, 0.2) is 0 Å². The van der Waals surface area contributed by atoms with E-state index in [1.54, 1.807) is 6.26 Å². The lowest BCUT2D eigenvalue weighted by Crippen LogP contribution is -2.16. The fourth-order valence-electron chi connectivity index (χ4n) is 1.46. The number of hydrogen-bond donors (Lipinski definition) is 1. The van der Waals surface area contributed by atoms with Crippen LogP contribution in [0.1, 0.15) is 22.2 Å². The standard InChI is InChI=1S/C10H12N2OS/c1-7-4-6-13-10(7)9(11-2)8-3-5-12-14-8/h3-6,9,11H,1-2H3. The molecule has 0 spiro atoms. The Hall–Kier alpha value is -1.13. The van der Waals surface area contributed by atoms with E-state index in [-0.39, 0.29) is 6.04 Å². The first-order chi connectivity index (χ1) is 6.83. The first-order valence-electron chi connectivity index (χ1n) is 4.44. The highest BCUT2D eigenvalue weighted by Gasteiger charge is 2.18. The summed E-state index contributed by atoms with van der Waals surface area (Å²) in [7, 11) is 1.92. The van der Waals surface area contributed by atoms with Crippen LogP contribution in [0.15, 0.2) is 29.0 Å².